The molecule has 0 aliphatic carbocycles. The number of carbonyl (C=O) groups is 2. The quantitative estimate of drug-likeness (QED) is 0.507. The van der Waals surface area contributed by atoms with E-state index >= 15 is 0 Å². The maximum atomic E-state index is 12.1. The Bertz CT molecular complexity index is 531. The van der Waals surface area contributed by atoms with Gasteiger partial charge in [0, 0.05) is 13.1 Å². The third-order valence-electron chi connectivity index (χ3n) is 3.19. The predicted octanol–water partition coefficient (Wildman–Crippen LogP) is 2.21. The van der Waals surface area contributed by atoms with Crippen molar-refractivity contribution in [2.45, 2.75) is 18.7 Å². The van der Waals surface area contributed by atoms with E-state index in [1.807, 2.05) is 13.8 Å². The van der Waals surface area contributed by atoms with E-state index in [0.717, 1.165) is 4.90 Å². The van der Waals surface area contributed by atoms with Gasteiger partial charge >= 0.3 is 5.97 Å². The normalized spacial score (nSPS) is 10.1. The van der Waals surface area contributed by atoms with Crippen LogP contribution in [0, 0.1) is 0 Å². The Morgan fingerprint density at radius 3 is 2.43 bits per heavy atom. The van der Waals surface area contributed by atoms with Gasteiger partial charge in [-0.25, -0.2) is 4.79 Å². The molecular weight excluding hydrogens is 318 g/mol. The number of carbonyl (C=O) groups excluding carboxylic acids is 2. The van der Waals surface area contributed by atoms with Gasteiger partial charge in [0.25, 0.3) is 0 Å². The van der Waals surface area contributed by atoms with Gasteiger partial charge in [0.05, 0.1) is 24.9 Å². The first-order valence-corrected chi connectivity index (χ1v) is 8.32. The number of hydrogen-bond acceptors (Lipinski definition) is 6. The van der Waals surface area contributed by atoms with Crippen LogP contribution in [-0.2, 0) is 14.3 Å². The molecule has 0 aliphatic rings. The van der Waals surface area contributed by atoms with Crippen molar-refractivity contribution in [2.75, 3.05) is 39.7 Å². The highest BCUT2D eigenvalue weighted by Gasteiger charge is 2.14. The van der Waals surface area contributed by atoms with Gasteiger partial charge in [-0.3, -0.25) is 4.79 Å². The molecule has 0 bridgehead atoms. The molecule has 128 valence electrons. The van der Waals surface area contributed by atoms with E-state index in [4.69, 9.17) is 9.47 Å². The molecule has 0 aromatic heterocycles. The zero-order chi connectivity index (χ0) is 17.2. The fraction of sp³-hybridized carbons (Fsp3) is 0.500. The third-order valence-corrected chi connectivity index (χ3v) is 4.21. The Morgan fingerprint density at radius 1 is 1.17 bits per heavy atom. The second-order valence-corrected chi connectivity index (χ2v) is 5.55. The minimum atomic E-state index is -0.462. The van der Waals surface area contributed by atoms with E-state index in [0.29, 0.717) is 30.3 Å². The minimum Gasteiger partial charge on any atom is -0.497 e. The molecule has 0 aliphatic heterocycles. The van der Waals surface area contributed by atoms with E-state index in [1.54, 1.807) is 30.2 Å². The molecule has 1 aromatic rings. The standard InChI is InChI=1S/C16H23NO5S/c1-5-17(6-2)15(18)11-23-14-9-12(20-3)7-8-13(14)22-10-16(19)21-4/h7-9H,5-6,10-11H2,1-4H3. The summed E-state index contributed by atoms with van der Waals surface area (Å²) in [6, 6.07) is 5.24. The number of benzene rings is 1. The van der Waals surface area contributed by atoms with Crippen LogP contribution in [-0.4, -0.2) is 56.4 Å². The van der Waals surface area contributed by atoms with Crippen LogP contribution in [0.25, 0.3) is 0 Å². The van der Waals surface area contributed by atoms with Crippen LogP contribution in [0.4, 0.5) is 0 Å². The van der Waals surface area contributed by atoms with Crippen LogP contribution < -0.4 is 9.47 Å². The first kappa shape index (κ1) is 19.2. The lowest BCUT2D eigenvalue weighted by Gasteiger charge is -2.18. The molecule has 0 spiro atoms. The van der Waals surface area contributed by atoms with Crippen LogP contribution >= 0.6 is 11.8 Å². The molecule has 0 saturated carbocycles. The number of ether oxygens (including phenoxy) is 3. The summed E-state index contributed by atoms with van der Waals surface area (Å²) in [5, 5.41) is 0. The fourth-order valence-corrected chi connectivity index (χ4v) is 2.78. The zero-order valence-electron chi connectivity index (χ0n) is 14.0. The highest BCUT2D eigenvalue weighted by Crippen LogP contribution is 2.33. The van der Waals surface area contributed by atoms with Crippen molar-refractivity contribution in [3.05, 3.63) is 18.2 Å². The Kier molecular flexibility index (Phi) is 8.32. The van der Waals surface area contributed by atoms with Crippen molar-refractivity contribution < 1.29 is 23.8 Å². The average Bonchev–Trinajstić information content (AvgIpc) is 2.58. The lowest BCUT2D eigenvalue weighted by atomic mass is 10.3. The summed E-state index contributed by atoms with van der Waals surface area (Å²) in [4.78, 5) is 25.8. The maximum absolute atomic E-state index is 12.1. The topological polar surface area (TPSA) is 65.1 Å². The number of rotatable bonds is 9. The summed E-state index contributed by atoms with van der Waals surface area (Å²) in [5.41, 5.74) is 0. The monoisotopic (exact) mass is 341 g/mol. The van der Waals surface area contributed by atoms with Gasteiger partial charge in [-0.15, -0.1) is 11.8 Å². The van der Waals surface area contributed by atoms with Gasteiger partial charge in [0.15, 0.2) is 6.61 Å². The first-order chi connectivity index (χ1) is 11.0. The highest BCUT2D eigenvalue weighted by molar-refractivity contribution is 8.00. The van der Waals surface area contributed by atoms with Gasteiger partial charge in [-0.2, -0.15) is 0 Å². The second-order valence-electron chi connectivity index (χ2n) is 4.53. The molecule has 0 radical (unpaired) electrons. The molecule has 7 heteroatoms. The first-order valence-electron chi connectivity index (χ1n) is 7.33. The molecule has 1 aromatic carbocycles. The van der Waals surface area contributed by atoms with Crippen molar-refractivity contribution in [2.24, 2.45) is 0 Å². The summed E-state index contributed by atoms with van der Waals surface area (Å²) in [5.74, 6) is 1.07. The van der Waals surface area contributed by atoms with E-state index < -0.39 is 5.97 Å². The molecule has 1 rings (SSSR count). The van der Waals surface area contributed by atoms with Crippen LogP contribution in [0.5, 0.6) is 11.5 Å². The second kappa shape index (κ2) is 9.99. The maximum Gasteiger partial charge on any atom is 0.343 e. The number of esters is 1. The number of amides is 1. The van der Waals surface area contributed by atoms with E-state index in [9.17, 15) is 9.59 Å². The average molecular weight is 341 g/mol. The van der Waals surface area contributed by atoms with Crippen LogP contribution in [0.3, 0.4) is 0 Å². The summed E-state index contributed by atoms with van der Waals surface area (Å²) < 4.78 is 15.2. The molecule has 23 heavy (non-hydrogen) atoms. The molecule has 0 heterocycles. The number of hydrogen-bond donors (Lipinski definition) is 0. The highest BCUT2D eigenvalue weighted by atomic mass is 32.2. The summed E-state index contributed by atoms with van der Waals surface area (Å²) >= 11 is 1.35. The number of methoxy groups -OCH3 is 2. The Hall–Kier alpha value is -1.89. The van der Waals surface area contributed by atoms with Crippen LogP contribution in [0.2, 0.25) is 0 Å². The van der Waals surface area contributed by atoms with Gasteiger partial charge in [-0.05, 0) is 32.0 Å². The lowest BCUT2D eigenvalue weighted by Crippen LogP contribution is -2.31. The van der Waals surface area contributed by atoms with Gasteiger partial charge < -0.3 is 19.1 Å². The molecule has 0 atom stereocenters. The molecule has 6 nitrogen and oxygen atoms in total. The Labute approximate surface area is 141 Å². The molecule has 1 amide bonds. The molecule has 0 fully saturated rings. The predicted molar refractivity (Wildman–Crippen MR) is 89.2 cm³/mol. The minimum absolute atomic E-state index is 0.0572. The van der Waals surface area contributed by atoms with Crippen molar-refractivity contribution >= 4 is 23.6 Å². The summed E-state index contributed by atoms with van der Waals surface area (Å²) in [6.07, 6.45) is 0. The summed E-state index contributed by atoms with van der Waals surface area (Å²) in [6.45, 7) is 5.07. The van der Waals surface area contributed by atoms with Gasteiger partial charge in [0.2, 0.25) is 5.91 Å². The van der Waals surface area contributed by atoms with Gasteiger partial charge in [0.1, 0.15) is 11.5 Å². The van der Waals surface area contributed by atoms with Crippen molar-refractivity contribution in [1.29, 1.82) is 0 Å². The summed E-state index contributed by atoms with van der Waals surface area (Å²) in [7, 11) is 2.87. The molecule has 0 N–H and O–H groups in total. The van der Waals surface area contributed by atoms with Crippen molar-refractivity contribution in [3.8, 4) is 11.5 Å². The van der Waals surface area contributed by atoms with Crippen molar-refractivity contribution in [3.63, 3.8) is 0 Å². The SMILES string of the molecule is CCN(CC)C(=O)CSc1cc(OC)ccc1OCC(=O)OC. The lowest BCUT2D eigenvalue weighted by molar-refractivity contribution is -0.143. The van der Waals surface area contributed by atoms with Crippen LogP contribution in [0.15, 0.2) is 23.1 Å². The Balaban J connectivity index is 2.80. The van der Waals surface area contributed by atoms with E-state index in [-0.39, 0.29) is 12.5 Å². The van der Waals surface area contributed by atoms with Crippen molar-refractivity contribution in [1.82, 2.24) is 4.90 Å². The van der Waals surface area contributed by atoms with Crippen LogP contribution in [0.1, 0.15) is 13.8 Å². The largest absolute Gasteiger partial charge is 0.497 e. The van der Waals surface area contributed by atoms with Gasteiger partial charge in [-0.1, -0.05) is 0 Å². The number of thioether (sulfide) groups is 1. The van der Waals surface area contributed by atoms with E-state index in [2.05, 4.69) is 4.74 Å². The zero-order valence-corrected chi connectivity index (χ0v) is 14.8. The molecule has 0 unspecified atom stereocenters. The Morgan fingerprint density at radius 2 is 1.87 bits per heavy atom. The fourth-order valence-electron chi connectivity index (χ4n) is 1.85. The third kappa shape index (κ3) is 6.02. The smallest absolute Gasteiger partial charge is 0.343 e. The molecular formula is C16H23NO5S. The molecule has 0 saturated heterocycles. The number of nitrogens with zero attached hydrogens (tertiary/aromatic N) is 1. The van der Waals surface area contributed by atoms with E-state index in [1.165, 1.54) is 18.9 Å².